The van der Waals surface area contributed by atoms with E-state index in [-0.39, 0.29) is 5.75 Å². The molecular formula is C12H16F3NO2. The van der Waals surface area contributed by atoms with Gasteiger partial charge in [0.15, 0.2) is 0 Å². The molecule has 0 heterocycles. The second-order valence-corrected chi connectivity index (χ2v) is 3.88. The highest BCUT2D eigenvalue weighted by atomic mass is 19.4. The summed E-state index contributed by atoms with van der Waals surface area (Å²) in [6.07, 6.45) is -4.41. The molecule has 0 amide bonds. The van der Waals surface area contributed by atoms with Crippen molar-refractivity contribution < 1.29 is 23.0 Å². The van der Waals surface area contributed by atoms with Gasteiger partial charge in [0.2, 0.25) is 0 Å². The molecule has 0 radical (unpaired) electrons. The first-order chi connectivity index (χ1) is 8.40. The minimum Gasteiger partial charge on any atom is -0.406 e. The Morgan fingerprint density at radius 1 is 1.28 bits per heavy atom. The van der Waals surface area contributed by atoms with Gasteiger partial charge in [0.05, 0.1) is 6.10 Å². The standard InChI is InChI=1S/C12H16F3NO2/c1-2-10(17)8-16-7-9-3-5-11(6-4-9)18-12(13,14)15/h3-6,10,16-17H,2,7-8H2,1H3. The Morgan fingerprint density at radius 2 is 1.89 bits per heavy atom. The van der Waals surface area contributed by atoms with Crippen LogP contribution in [0.15, 0.2) is 24.3 Å². The molecule has 1 rings (SSSR count). The smallest absolute Gasteiger partial charge is 0.406 e. The molecule has 2 N–H and O–H groups in total. The summed E-state index contributed by atoms with van der Waals surface area (Å²) in [6.45, 7) is 2.82. The number of alkyl halides is 3. The van der Waals surface area contributed by atoms with Crippen molar-refractivity contribution in [1.29, 1.82) is 0 Å². The van der Waals surface area contributed by atoms with E-state index in [4.69, 9.17) is 0 Å². The summed E-state index contributed by atoms with van der Waals surface area (Å²) in [7, 11) is 0. The number of benzene rings is 1. The molecule has 0 fully saturated rings. The van der Waals surface area contributed by atoms with Gasteiger partial charge in [-0.1, -0.05) is 19.1 Å². The Hall–Kier alpha value is -1.27. The van der Waals surface area contributed by atoms with Gasteiger partial charge in [-0.15, -0.1) is 13.2 Å². The van der Waals surface area contributed by atoms with Crippen LogP contribution in [0.3, 0.4) is 0 Å². The van der Waals surface area contributed by atoms with Crippen LogP contribution in [0.25, 0.3) is 0 Å². The molecule has 6 heteroatoms. The predicted molar refractivity (Wildman–Crippen MR) is 61.1 cm³/mol. The van der Waals surface area contributed by atoms with E-state index >= 15 is 0 Å². The molecule has 0 saturated heterocycles. The van der Waals surface area contributed by atoms with Crippen LogP contribution < -0.4 is 10.1 Å². The summed E-state index contributed by atoms with van der Waals surface area (Å²) in [5.74, 6) is -0.236. The van der Waals surface area contributed by atoms with Crippen LogP contribution in [0.5, 0.6) is 5.75 Å². The fourth-order valence-electron chi connectivity index (χ4n) is 1.34. The van der Waals surface area contributed by atoms with Gasteiger partial charge in [0, 0.05) is 13.1 Å². The predicted octanol–water partition coefficient (Wildman–Crippen LogP) is 2.45. The Morgan fingerprint density at radius 3 is 2.39 bits per heavy atom. The molecule has 1 aromatic rings. The third-order valence-corrected chi connectivity index (χ3v) is 2.34. The maximum Gasteiger partial charge on any atom is 0.573 e. The number of hydrogen-bond acceptors (Lipinski definition) is 3. The molecule has 102 valence electrons. The lowest BCUT2D eigenvalue weighted by atomic mass is 10.2. The third kappa shape index (κ3) is 5.88. The van der Waals surface area contributed by atoms with Gasteiger partial charge in [-0.2, -0.15) is 0 Å². The van der Waals surface area contributed by atoms with Gasteiger partial charge in [-0.05, 0) is 24.1 Å². The van der Waals surface area contributed by atoms with Crippen molar-refractivity contribution in [2.24, 2.45) is 0 Å². The Kier molecular flexibility index (Phi) is 5.43. The molecule has 0 spiro atoms. The fraction of sp³-hybridized carbons (Fsp3) is 0.500. The summed E-state index contributed by atoms with van der Waals surface area (Å²) in [5.41, 5.74) is 0.827. The summed E-state index contributed by atoms with van der Waals surface area (Å²) in [4.78, 5) is 0. The van der Waals surface area contributed by atoms with Gasteiger partial charge in [0.1, 0.15) is 5.75 Å². The van der Waals surface area contributed by atoms with Crippen molar-refractivity contribution in [2.45, 2.75) is 32.4 Å². The zero-order valence-electron chi connectivity index (χ0n) is 10.00. The number of nitrogens with one attached hydrogen (secondary N) is 1. The molecule has 1 aromatic carbocycles. The molecule has 0 aliphatic rings. The zero-order valence-corrected chi connectivity index (χ0v) is 10.00. The Balaban J connectivity index is 2.41. The highest BCUT2D eigenvalue weighted by Gasteiger charge is 2.30. The number of hydrogen-bond donors (Lipinski definition) is 2. The quantitative estimate of drug-likeness (QED) is 0.828. The van der Waals surface area contributed by atoms with Crippen LogP contribution in [0.2, 0.25) is 0 Å². The van der Waals surface area contributed by atoms with Crippen molar-refractivity contribution in [2.75, 3.05) is 6.54 Å². The van der Waals surface area contributed by atoms with Crippen LogP contribution in [0, 0.1) is 0 Å². The van der Waals surface area contributed by atoms with Gasteiger partial charge in [-0.25, -0.2) is 0 Å². The molecule has 0 aliphatic heterocycles. The molecule has 0 bridgehead atoms. The topological polar surface area (TPSA) is 41.5 Å². The lowest BCUT2D eigenvalue weighted by Gasteiger charge is -2.11. The van der Waals surface area contributed by atoms with E-state index in [1.807, 2.05) is 6.92 Å². The molecule has 0 aromatic heterocycles. The number of rotatable bonds is 6. The average Bonchev–Trinajstić information content (AvgIpc) is 2.29. The highest BCUT2D eigenvalue weighted by Crippen LogP contribution is 2.22. The number of ether oxygens (including phenoxy) is 1. The second kappa shape index (κ2) is 6.61. The van der Waals surface area contributed by atoms with Crippen LogP contribution in [-0.2, 0) is 6.54 Å². The van der Waals surface area contributed by atoms with Crippen LogP contribution in [0.1, 0.15) is 18.9 Å². The van der Waals surface area contributed by atoms with E-state index in [9.17, 15) is 18.3 Å². The first-order valence-electron chi connectivity index (χ1n) is 5.64. The van der Waals surface area contributed by atoms with Crippen molar-refractivity contribution in [1.82, 2.24) is 5.32 Å². The largest absolute Gasteiger partial charge is 0.573 e. The minimum absolute atomic E-state index is 0.236. The lowest BCUT2D eigenvalue weighted by molar-refractivity contribution is -0.274. The SMILES string of the molecule is CCC(O)CNCc1ccc(OC(F)(F)F)cc1. The van der Waals surface area contributed by atoms with E-state index in [1.54, 1.807) is 12.1 Å². The Bertz CT molecular complexity index is 351. The van der Waals surface area contributed by atoms with Crippen LogP contribution >= 0.6 is 0 Å². The van der Waals surface area contributed by atoms with E-state index in [0.29, 0.717) is 19.5 Å². The summed E-state index contributed by atoms with van der Waals surface area (Å²) < 4.78 is 39.5. The van der Waals surface area contributed by atoms with Crippen molar-refractivity contribution in [3.63, 3.8) is 0 Å². The molecule has 1 unspecified atom stereocenters. The lowest BCUT2D eigenvalue weighted by Crippen LogP contribution is -2.25. The zero-order chi connectivity index (χ0) is 13.6. The first-order valence-corrected chi connectivity index (χ1v) is 5.64. The minimum atomic E-state index is -4.66. The van der Waals surface area contributed by atoms with Crippen molar-refractivity contribution >= 4 is 0 Å². The second-order valence-electron chi connectivity index (χ2n) is 3.88. The van der Waals surface area contributed by atoms with Crippen molar-refractivity contribution in [3.8, 4) is 5.75 Å². The van der Waals surface area contributed by atoms with E-state index in [1.165, 1.54) is 12.1 Å². The monoisotopic (exact) mass is 263 g/mol. The fourth-order valence-corrected chi connectivity index (χ4v) is 1.34. The molecule has 1 atom stereocenters. The van der Waals surface area contributed by atoms with Crippen LogP contribution in [0.4, 0.5) is 13.2 Å². The number of aliphatic hydroxyl groups excluding tert-OH is 1. The van der Waals surface area contributed by atoms with Gasteiger partial charge < -0.3 is 15.2 Å². The molecule has 18 heavy (non-hydrogen) atoms. The summed E-state index contributed by atoms with van der Waals surface area (Å²) in [6, 6.07) is 5.63. The highest BCUT2D eigenvalue weighted by molar-refractivity contribution is 5.27. The number of halogens is 3. The van der Waals surface area contributed by atoms with Gasteiger partial charge in [0.25, 0.3) is 0 Å². The van der Waals surface area contributed by atoms with Gasteiger partial charge >= 0.3 is 6.36 Å². The van der Waals surface area contributed by atoms with Crippen molar-refractivity contribution in [3.05, 3.63) is 29.8 Å². The normalized spacial score (nSPS) is 13.4. The molecular weight excluding hydrogens is 247 g/mol. The molecule has 3 nitrogen and oxygen atoms in total. The number of aliphatic hydroxyl groups is 1. The maximum absolute atomic E-state index is 11.9. The van der Waals surface area contributed by atoms with E-state index in [0.717, 1.165) is 5.56 Å². The maximum atomic E-state index is 11.9. The van der Waals surface area contributed by atoms with Crippen LogP contribution in [-0.4, -0.2) is 24.1 Å². The average molecular weight is 263 g/mol. The molecule has 0 saturated carbocycles. The third-order valence-electron chi connectivity index (χ3n) is 2.34. The first kappa shape index (κ1) is 14.8. The van der Waals surface area contributed by atoms with E-state index in [2.05, 4.69) is 10.1 Å². The summed E-state index contributed by atoms with van der Waals surface area (Å²) >= 11 is 0. The van der Waals surface area contributed by atoms with E-state index < -0.39 is 12.5 Å². The van der Waals surface area contributed by atoms with Gasteiger partial charge in [-0.3, -0.25) is 0 Å². The molecule has 0 aliphatic carbocycles. The Labute approximate surface area is 104 Å². The summed E-state index contributed by atoms with van der Waals surface area (Å²) in [5, 5.41) is 12.3.